The van der Waals surface area contributed by atoms with Crippen molar-refractivity contribution in [2.45, 2.75) is 59.0 Å². The van der Waals surface area contributed by atoms with Crippen LogP contribution in [0.4, 0.5) is 10.6 Å². The molecule has 0 radical (unpaired) electrons. The number of ether oxygens (including phenoxy) is 1. The molecule has 3 heterocycles. The van der Waals surface area contributed by atoms with Crippen molar-refractivity contribution in [2.24, 2.45) is 11.1 Å². The Morgan fingerprint density at radius 3 is 2.76 bits per heavy atom. The molecule has 0 fully saturated rings. The number of aromatic nitrogens is 3. The number of carbonyl (C=O) groups is 3. The van der Waals surface area contributed by atoms with Gasteiger partial charge in [-0.15, -0.1) is 0 Å². The molecule has 34 heavy (non-hydrogen) atoms. The highest BCUT2D eigenvalue weighted by atomic mass is 16.5. The lowest BCUT2D eigenvalue weighted by atomic mass is 9.99. The molecule has 2 aromatic rings. The van der Waals surface area contributed by atoms with Crippen molar-refractivity contribution in [3.8, 4) is 0 Å². The maximum Gasteiger partial charge on any atom is 0.407 e. The van der Waals surface area contributed by atoms with E-state index in [2.05, 4.69) is 26.8 Å². The average Bonchev–Trinajstić information content (AvgIpc) is 3.18. The number of amides is 2. The third kappa shape index (κ3) is 6.93. The number of carboxylic acid groups (broad SMARTS) is 1. The number of alkyl carbamates (subject to hydrolysis) is 1. The molecule has 0 unspecified atom stereocenters. The fourth-order valence-electron chi connectivity index (χ4n) is 3.53. The highest BCUT2D eigenvalue weighted by Gasteiger charge is 2.26. The highest BCUT2D eigenvalue weighted by molar-refractivity contribution is 5.94. The maximum atomic E-state index is 12.1. The van der Waals surface area contributed by atoms with Gasteiger partial charge in [-0.05, 0) is 29.9 Å². The first-order valence-electron chi connectivity index (χ1n) is 11.3. The maximum absolute atomic E-state index is 12.1. The normalized spacial score (nSPS) is 14.0. The quantitative estimate of drug-likeness (QED) is 0.429. The van der Waals surface area contributed by atoms with Crippen molar-refractivity contribution in [1.29, 1.82) is 0 Å². The molecular formula is C23H32N6O5. The van der Waals surface area contributed by atoms with Crippen LogP contribution >= 0.6 is 0 Å². The largest absolute Gasteiger partial charge is 0.480 e. The van der Waals surface area contributed by atoms with Gasteiger partial charge in [-0.3, -0.25) is 9.48 Å². The van der Waals surface area contributed by atoms with E-state index in [1.165, 1.54) is 11.8 Å². The van der Waals surface area contributed by atoms with Gasteiger partial charge in [0.25, 0.3) is 5.91 Å². The number of aliphatic carboxylic acids is 1. The van der Waals surface area contributed by atoms with E-state index in [-0.39, 0.29) is 29.7 Å². The zero-order valence-corrected chi connectivity index (χ0v) is 19.8. The van der Waals surface area contributed by atoms with Crippen LogP contribution < -0.4 is 16.4 Å². The number of nitrogens with zero attached hydrogens (tertiary/aromatic N) is 3. The molecule has 0 aromatic carbocycles. The van der Waals surface area contributed by atoms with Crippen LogP contribution in [0, 0.1) is 5.41 Å². The minimum Gasteiger partial charge on any atom is -0.480 e. The first kappa shape index (κ1) is 25.0. The molecule has 0 aliphatic carbocycles. The molecule has 3 rings (SSSR count). The van der Waals surface area contributed by atoms with Gasteiger partial charge < -0.3 is 26.2 Å². The van der Waals surface area contributed by atoms with Crippen LogP contribution in [0.2, 0.25) is 0 Å². The molecule has 2 amide bonds. The van der Waals surface area contributed by atoms with Gasteiger partial charge in [0.2, 0.25) is 0 Å². The van der Waals surface area contributed by atoms with Gasteiger partial charge >= 0.3 is 12.1 Å². The van der Waals surface area contributed by atoms with Gasteiger partial charge in [-0.1, -0.05) is 26.8 Å². The predicted molar refractivity (Wildman–Crippen MR) is 125 cm³/mol. The number of nitrogens with one attached hydrogen (secondary N) is 2. The van der Waals surface area contributed by atoms with Crippen LogP contribution in [0.5, 0.6) is 0 Å². The van der Waals surface area contributed by atoms with Crippen molar-refractivity contribution in [1.82, 2.24) is 20.1 Å². The molecule has 1 aliphatic rings. The van der Waals surface area contributed by atoms with E-state index >= 15 is 0 Å². The Bertz CT molecular complexity index is 1060. The molecule has 11 nitrogen and oxygen atoms in total. The second kappa shape index (κ2) is 10.5. The topological polar surface area (TPSA) is 161 Å². The second-order valence-corrected chi connectivity index (χ2v) is 9.58. The summed E-state index contributed by atoms with van der Waals surface area (Å²) in [4.78, 5) is 40.4. The van der Waals surface area contributed by atoms with Crippen LogP contribution in [0.3, 0.4) is 0 Å². The number of carbonyl (C=O) groups excluding carboxylic acids is 2. The zero-order chi connectivity index (χ0) is 24.9. The SMILES string of the molecule is CC(C)(C)COC(=O)N[C@@H](Cc1nn(CCc2ccc3c(n2)NCCC3)cc1C(N)=O)C(=O)O. The molecule has 5 N–H and O–H groups in total. The minimum absolute atomic E-state index is 0.108. The Hall–Kier alpha value is -3.63. The molecular weight excluding hydrogens is 440 g/mol. The van der Waals surface area contributed by atoms with Crippen LogP contribution in [-0.4, -0.2) is 57.0 Å². The molecule has 1 aliphatic heterocycles. The molecule has 1 atom stereocenters. The number of fused-ring (bicyclic) bond motifs is 1. The Balaban J connectivity index is 1.67. The van der Waals surface area contributed by atoms with E-state index < -0.39 is 24.0 Å². The number of nitrogens with two attached hydrogens (primary N) is 1. The van der Waals surface area contributed by atoms with Crippen LogP contribution in [0.25, 0.3) is 0 Å². The average molecular weight is 473 g/mol. The van der Waals surface area contributed by atoms with Gasteiger partial charge in [0.1, 0.15) is 11.9 Å². The molecule has 11 heteroatoms. The summed E-state index contributed by atoms with van der Waals surface area (Å²) in [5.74, 6) is -1.10. The fourth-order valence-corrected chi connectivity index (χ4v) is 3.53. The number of primary amides is 1. The highest BCUT2D eigenvalue weighted by Crippen LogP contribution is 2.20. The Morgan fingerprint density at radius 1 is 1.32 bits per heavy atom. The summed E-state index contributed by atoms with van der Waals surface area (Å²) in [6.07, 6.45) is 3.07. The molecule has 0 bridgehead atoms. The van der Waals surface area contributed by atoms with Crippen molar-refractivity contribution in [3.05, 3.63) is 40.8 Å². The number of rotatable bonds is 9. The smallest absolute Gasteiger partial charge is 0.407 e. The standard InChI is InChI=1S/C23H32N6O5/c1-23(2,3)13-34-22(33)27-18(21(31)32)11-17-16(19(24)30)12-29(28-17)10-8-15-7-6-14-5-4-9-25-20(14)26-15/h6-7,12,18H,4-5,8-11,13H2,1-3H3,(H2,24,30)(H,25,26)(H,27,33)(H,31,32)/t18-/m0/s1. The van der Waals surface area contributed by atoms with Gasteiger partial charge in [0.05, 0.1) is 17.9 Å². The summed E-state index contributed by atoms with van der Waals surface area (Å²) in [5.41, 5.74) is 7.59. The van der Waals surface area contributed by atoms with Gasteiger partial charge in [-0.2, -0.15) is 5.10 Å². The van der Waals surface area contributed by atoms with E-state index in [1.54, 1.807) is 4.68 Å². The lowest BCUT2D eigenvalue weighted by Crippen LogP contribution is -2.43. The lowest BCUT2D eigenvalue weighted by molar-refractivity contribution is -0.139. The van der Waals surface area contributed by atoms with Crippen molar-refractivity contribution >= 4 is 23.8 Å². The van der Waals surface area contributed by atoms with E-state index in [9.17, 15) is 19.5 Å². The first-order chi connectivity index (χ1) is 16.0. The van der Waals surface area contributed by atoms with Gasteiger partial charge in [0.15, 0.2) is 0 Å². The summed E-state index contributed by atoms with van der Waals surface area (Å²) < 4.78 is 6.63. The number of carboxylic acids is 1. The fraction of sp³-hybridized carbons (Fsp3) is 0.522. The summed E-state index contributed by atoms with van der Waals surface area (Å²) >= 11 is 0. The summed E-state index contributed by atoms with van der Waals surface area (Å²) in [5, 5.41) is 19.5. The second-order valence-electron chi connectivity index (χ2n) is 9.58. The number of hydrogen-bond donors (Lipinski definition) is 4. The predicted octanol–water partition coefficient (Wildman–Crippen LogP) is 1.75. The summed E-state index contributed by atoms with van der Waals surface area (Å²) in [7, 11) is 0. The summed E-state index contributed by atoms with van der Waals surface area (Å²) in [6.45, 7) is 7.10. The Morgan fingerprint density at radius 2 is 2.09 bits per heavy atom. The van der Waals surface area contributed by atoms with Crippen LogP contribution in [0.15, 0.2) is 18.3 Å². The molecule has 0 saturated heterocycles. The Labute approximate surface area is 198 Å². The third-order valence-corrected chi connectivity index (χ3v) is 5.28. The molecule has 0 spiro atoms. The lowest BCUT2D eigenvalue weighted by Gasteiger charge is -2.19. The van der Waals surface area contributed by atoms with E-state index in [0.717, 1.165) is 30.9 Å². The van der Waals surface area contributed by atoms with Crippen LogP contribution in [-0.2, 0) is 35.3 Å². The minimum atomic E-state index is -1.33. The number of aryl methyl sites for hydroxylation is 3. The number of pyridine rings is 1. The number of hydrogen-bond acceptors (Lipinski definition) is 7. The first-order valence-corrected chi connectivity index (χ1v) is 11.3. The third-order valence-electron chi connectivity index (χ3n) is 5.28. The molecule has 2 aromatic heterocycles. The van der Waals surface area contributed by atoms with Crippen molar-refractivity contribution in [2.75, 3.05) is 18.5 Å². The number of anilines is 1. The zero-order valence-electron chi connectivity index (χ0n) is 19.8. The monoisotopic (exact) mass is 472 g/mol. The summed E-state index contributed by atoms with van der Waals surface area (Å²) in [6, 6.07) is 2.70. The van der Waals surface area contributed by atoms with E-state index in [1.807, 2.05) is 26.8 Å². The van der Waals surface area contributed by atoms with Crippen molar-refractivity contribution < 1.29 is 24.2 Å². The van der Waals surface area contributed by atoms with Gasteiger partial charge in [0, 0.05) is 37.8 Å². The van der Waals surface area contributed by atoms with E-state index in [0.29, 0.717) is 13.0 Å². The molecule has 0 saturated carbocycles. The van der Waals surface area contributed by atoms with Gasteiger partial charge in [-0.25, -0.2) is 14.6 Å². The Kier molecular flexibility index (Phi) is 7.75. The van der Waals surface area contributed by atoms with Crippen molar-refractivity contribution in [3.63, 3.8) is 0 Å². The van der Waals surface area contributed by atoms with E-state index in [4.69, 9.17) is 10.5 Å². The molecule has 184 valence electrons. The van der Waals surface area contributed by atoms with Crippen LogP contribution in [0.1, 0.15) is 54.5 Å².